The standard InChI is InChI=1S/C32H29FN8O3S/c1-45(43,44)37-14-18-8-20(10-23(33)9-18)29-25-13-28(39-27(25)6-7-35-29)30-26-12-22(16-36-31(26)41-40-30)21-11-24(17-34-15-21)38-32(42)19-4-2-3-5-19/h6-13,15-17,19,37,39H,2-5,14H2,1H3,(H,38,42)(H,36,40,41). The molecule has 0 atom stereocenters. The average molecular weight is 625 g/mol. The van der Waals surface area contributed by atoms with Crippen molar-refractivity contribution in [2.75, 3.05) is 11.6 Å². The number of sulfonamides is 1. The first kappa shape index (κ1) is 28.7. The summed E-state index contributed by atoms with van der Waals surface area (Å²) < 4.78 is 40.2. The van der Waals surface area contributed by atoms with Crippen LogP contribution in [0.2, 0.25) is 0 Å². The number of pyridine rings is 3. The van der Waals surface area contributed by atoms with Crippen molar-refractivity contribution in [3.8, 4) is 33.8 Å². The smallest absolute Gasteiger partial charge is 0.227 e. The number of nitrogens with one attached hydrogen (secondary N) is 4. The summed E-state index contributed by atoms with van der Waals surface area (Å²) in [6.07, 6.45) is 11.8. The number of hydrogen-bond acceptors (Lipinski definition) is 7. The normalized spacial score (nSPS) is 14.0. The van der Waals surface area contributed by atoms with E-state index in [2.05, 4.69) is 40.2 Å². The van der Waals surface area contributed by atoms with Crippen LogP contribution in [0.25, 0.3) is 55.7 Å². The number of carbonyl (C=O) groups is 1. The molecule has 6 aromatic rings. The van der Waals surface area contributed by atoms with Crippen LogP contribution in [0.4, 0.5) is 10.1 Å². The summed E-state index contributed by atoms with van der Waals surface area (Å²) in [5, 5.41) is 12.0. The number of aromatic nitrogens is 6. The molecule has 0 aliphatic heterocycles. The summed E-state index contributed by atoms with van der Waals surface area (Å²) in [7, 11) is -3.45. The van der Waals surface area contributed by atoms with Crippen molar-refractivity contribution in [2.24, 2.45) is 5.92 Å². The minimum absolute atomic E-state index is 0.0323. The number of aromatic amines is 2. The SMILES string of the molecule is CS(=O)(=O)NCc1cc(F)cc(-c2nccc3[nH]c(-c4[nH]nc5ncc(-c6cncc(NC(=O)C7CCCC7)c6)cc45)cc23)c1. The second-order valence-electron chi connectivity index (χ2n) is 11.4. The Labute approximate surface area is 257 Å². The molecule has 7 rings (SSSR count). The van der Waals surface area contributed by atoms with Crippen molar-refractivity contribution < 1.29 is 17.6 Å². The molecule has 0 saturated heterocycles. The molecular weight excluding hydrogens is 595 g/mol. The zero-order valence-corrected chi connectivity index (χ0v) is 25.1. The van der Waals surface area contributed by atoms with Crippen molar-refractivity contribution in [2.45, 2.75) is 32.2 Å². The van der Waals surface area contributed by atoms with Gasteiger partial charge >= 0.3 is 0 Å². The summed E-state index contributed by atoms with van der Waals surface area (Å²) in [5.74, 6) is -0.418. The van der Waals surface area contributed by atoms with Crippen LogP contribution in [-0.4, -0.2) is 50.7 Å². The van der Waals surface area contributed by atoms with Crippen LogP contribution in [0.5, 0.6) is 0 Å². The predicted molar refractivity (Wildman–Crippen MR) is 170 cm³/mol. The number of hydrogen-bond donors (Lipinski definition) is 4. The molecule has 0 radical (unpaired) electrons. The van der Waals surface area contributed by atoms with Crippen LogP contribution in [0.15, 0.2) is 67.3 Å². The zero-order chi connectivity index (χ0) is 31.1. The summed E-state index contributed by atoms with van der Waals surface area (Å²) in [4.78, 5) is 29.5. The van der Waals surface area contributed by atoms with Gasteiger partial charge in [0.2, 0.25) is 15.9 Å². The molecule has 1 fully saturated rings. The van der Waals surface area contributed by atoms with Crippen LogP contribution in [-0.2, 0) is 21.4 Å². The van der Waals surface area contributed by atoms with Gasteiger partial charge in [0.05, 0.1) is 35.2 Å². The highest BCUT2D eigenvalue weighted by Gasteiger charge is 2.23. The monoisotopic (exact) mass is 624 g/mol. The predicted octanol–water partition coefficient (Wildman–Crippen LogP) is 5.55. The molecule has 5 heterocycles. The van der Waals surface area contributed by atoms with Gasteiger partial charge in [0.15, 0.2) is 5.65 Å². The van der Waals surface area contributed by atoms with Gasteiger partial charge in [-0.25, -0.2) is 22.5 Å². The molecule has 11 nitrogen and oxygen atoms in total. The van der Waals surface area contributed by atoms with E-state index in [1.165, 1.54) is 12.1 Å². The van der Waals surface area contributed by atoms with E-state index in [-0.39, 0.29) is 18.4 Å². The first-order chi connectivity index (χ1) is 21.7. The highest BCUT2D eigenvalue weighted by Crippen LogP contribution is 2.35. The van der Waals surface area contributed by atoms with Crippen LogP contribution >= 0.6 is 0 Å². The Morgan fingerprint density at radius 3 is 2.62 bits per heavy atom. The minimum Gasteiger partial charge on any atom is -0.353 e. The van der Waals surface area contributed by atoms with E-state index in [1.54, 1.807) is 30.9 Å². The van der Waals surface area contributed by atoms with Gasteiger partial charge < -0.3 is 10.3 Å². The maximum absolute atomic E-state index is 14.6. The molecule has 1 amide bonds. The molecule has 1 aliphatic rings. The van der Waals surface area contributed by atoms with Crippen molar-refractivity contribution in [1.29, 1.82) is 0 Å². The molecule has 45 heavy (non-hydrogen) atoms. The van der Waals surface area contributed by atoms with Gasteiger partial charge in [0, 0.05) is 64.0 Å². The Morgan fingerprint density at radius 2 is 1.80 bits per heavy atom. The van der Waals surface area contributed by atoms with Gasteiger partial charge in [-0.3, -0.25) is 19.9 Å². The molecule has 1 saturated carbocycles. The quantitative estimate of drug-likeness (QED) is 0.173. The molecule has 228 valence electrons. The van der Waals surface area contributed by atoms with E-state index in [0.717, 1.165) is 65.0 Å². The summed E-state index contributed by atoms with van der Waals surface area (Å²) in [5.41, 5.74) is 6.51. The van der Waals surface area contributed by atoms with Gasteiger partial charge in [-0.15, -0.1) is 0 Å². The number of carbonyl (C=O) groups excluding carboxylic acids is 1. The molecule has 13 heteroatoms. The lowest BCUT2D eigenvalue weighted by Crippen LogP contribution is -2.21. The van der Waals surface area contributed by atoms with E-state index in [1.807, 2.05) is 24.3 Å². The minimum atomic E-state index is -3.45. The van der Waals surface area contributed by atoms with Crippen LogP contribution in [0.1, 0.15) is 31.2 Å². The molecule has 5 aromatic heterocycles. The number of amides is 1. The van der Waals surface area contributed by atoms with Crippen molar-refractivity contribution in [1.82, 2.24) is 34.9 Å². The Morgan fingerprint density at radius 1 is 0.978 bits per heavy atom. The molecule has 1 aromatic carbocycles. The van der Waals surface area contributed by atoms with E-state index in [9.17, 15) is 17.6 Å². The van der Waals surface area contributed by atoms with E-state index < -0.39 is 15.8 Å². The Balaban J connectivity index is 1.22. The van der Waals surface area contributed by atoms with Gasteiger partial charge in [-0.2, -0.15) is 5.10 Å². The molecule has 4 N–H and O–H groups in total. The number of halogens is 1. The number of benzene rings is 1. The average Bonchev–Trinajstić information content (AvgIpc) is 3.79. The highest BCUT2D eigenvalue weighted by molar-refractivity contribution is 7.88. The van der Waals surface area contributed by atoms with Gasteiger partial charge in [0.1, 0.15) is 5.82 Å². The third-order valence-corrected chi connectivity index (χ3v) is 8.73. The Bertz CT molecular complexity index is 2190. The lowest BCUT2D eigenvalue weighted by Gasteiger charge is -2.11. The molecule has 0 unspecified atom stereocenters. The summed E-state index contributed by atoms with van der Waals surface area (Å²) in [6.45, 7) is -0.0429. The topological polar surface area (TPSA) is 158 Å². The second-order valence-corrected chi connectivity index (χ2v) is 13.2. The van der Waals surface area contributed by atoms with Crippen LogP contribution in [0.3, 0.4) is 0 Å². The van der Waals surface area contributed by atoms with E-state index in [4.69, 9.17) is 0 Å². The first-order valence-corrected chi connectivity index (χ1v) is 16.4. The number of rotatable bonds is 8. The largest absolute Gasteiger partial charge is 0.353 e. The number of nitrogens with zero attached hydrogens (tertiary/aromatic N) is 4. The number of fused-ring (bicyclic) bond motifs is 2. The van der Waals surface area contributed by atoms with Crippen molar-refractivity contribution in [3.05, 3.63) is 78.6 Å². The Kier molecular flexibility index (Phi) is 7.34. The van der Waals surface area contributed by atoms with Gasteiger partial charge in [-0.1, -0.05) is 12.8 Å². The van der Waals surface area contributed by atoms with Crippen LogP contribution < -0.4 is 10.0 Å². The fourth-order valence-electron chi connectivity index (χ4n) is 5.88. The zero-order valence-electron chi connectivity index (χ0n) is 24.3. The van der Waals surface area contributed by atoms with Gasteiger partial charge in [-0.05, 0) is 60.9 Å². The lowest BCUT2D eigenvalue weighted by molar-refractivity contribution is -0.119. The number of anilines is 1. The van der Waals surface area contributed by atoms with E-state index >= 15 is 0 Å². The summed E-state index contributed by atoms with van der Waals surface area (Å²) >= 11 is 0. The molecule has 0 spiro atoms. The lowest BCUT2D eigenvalue weighted by atomic mass is 10.0. The molecular formula is C32H29FN8O3S. The van der Waals surface area contributed by atoms with Crippen molar-refractivity contribution >= 4 is 43.6 Å². The summed E-state index contributed by atoms with van der Waals surface area (Å²) in [6, 6.07) is 12.0. The Hall–Kier alpha value is -5.01. The molecule has 0 bridgehead atoms. The third-order valence-electron chi connectivity index (χ3n) is 8.06. The highest BCUT2D eigenvalue weighted by atomic mass is 32.2. The van der Waals surface area contributed by atoms with Crippen molar-refractivity contribution in [3.63, 3.8) is 0 Å². The van der Waals surface area contributed by atoms with Gasteiger partial charge in [0.25, 0.3) is 0 Å². The maximum atomic E-state index is 14.6. The maximum Gasteiger partial charge on any atom is 0.227 e. The second kappa shape index (κ2) is 11.5. The first-order valence-electron chi connectivity index (χ1n) is 14.5. The molecule has 1 aliphatic carbocycles. The fourth-order valence-corrected chi connectivity index (χ4v) is 6.31. The van der Waals surface area contributed by atoms with E-state index in [0.29, 0.717) is 33.8 Å². The number of H-pyrrole nitrogens is 2. The van der Waals surface area contributed by atoms with Crippen LogP contribution in [0, 0.1) is 11.7 Å². The fraction of sp³-hybridized carbons (Fsp3) is 0.219. The third kappa shape index (κ3) is 6.04.